The first-order valence-electron chi connectivity index (χ1n) is 16.5. The van der Waals surface area contributed by atoms with E-state index in [-0.39, 0.29) is 13.2 Å². The van der Waals surface area contributed by atoms with Crippen molar-refractivity contribution in [2.24, 2.45) is 0 Å². The molecule has 3 heterocycles. The van der Waals surface area contributed by atoms with E-state index >= 15 is 0 Å². The minimum absolute atomic E-state index is 0.0161. The van der Waals surface area contributed by atoms with Gasteiger partial charge in [-0.25, -0.2) is 0 Å². The summed E-state index contributed by atoms with van der Waals surface area (Å²) in [6, 6.07) is 0. The van der Waals surface area contributed by atoms with E-state index in [0.29, 0.717) is 19.8 Å². The molecule has 0 spiro atoms. The van der Waals surface area contributed by atoms with Gasteiger partial charge in [-0.1, -0.05) is 40.0 Å². The Hall–Kier alpha value is -1.42. The van der Waals surface area contributed by atoms with E-state index in [0.717, 1.165) is 38.5 Å². The van der Waals surface area contributed by atoms with Crippen LogP contribution in [-0.4, -0.2) is 119 Å². The summed E-state index contributed by atoms with van der Waals surface area (Å²) in [6.07, 6.45) is -2.81. The predicted octanol–water partition coefficient (Wildman–Crippen LogP) is 3.67. The Morgan fingerprint density at radius 3 is 1.76 bits per heavy atom. The molecule has 13 nitrogen and oxygen atoms in total. The number of carbonyl (C=O) groups is 2. The molecule has 0 aromatic carbocycles. The molecule has 0 radical (unpaired) electrons. The largest absolute Gasteiger partial charge is 0.454 e. The predicted molar refractivity (Wildman–Crippen MR) is 160 cm³/mol. The van der Waals surface area contributed by atoms with Gasteiger partial charge in [0.15, 0.2) is 30.6 Å². The standard InChI is InChI=1S/C32H56O13/c1-9-12-15-36-22-18-40-31(28(41-20(4)33)26(38-17-14-11-3)24(22)37-16-13-10-2)43-23-19-39-30(35-8)29(42-21(5)34)27-25(23)44-32(6,7)45-27/h22-31H,9-19H2,1-8H3/t22-,23?,24-,25-,26?,27?,28?,29?,30+,31-/m1/s1. The highest BCUT2D eigenvalue weighted by molar-refractivity contribution is 5.66. The van der Waals surface area contributed by atoms with Crippen LogP contribution in [0.2, 0.25) is 0 Å². The SMILES string of the molecule is CCCCOC1C(OC(C)=O)[C@@H](OC2CO[C@H](OC)C(OC(C)=O)C3OC(C)(C)O[C@H]23)OC[C@@H](OCCCC)[C@H]1OCCCC. The Morgan fingerprint density at radius 1 is 0.667 bits per heavy atom. The second-order valence-electron chi connectivity index (χ2n) is 12.2. The lowest BCUT2D eigenvalue weighted by Gasteiger charge is -2.36. The molecule has 0 aromatic rings. The van der Waals surface area contributed by atoms with Gasteiger partial charge in [-0.2, -0.15) is 0 Å². The third kappa shape index (κ3) is 11.1. The van der Waals surface area contributed by atoms with Gasteiger partial charge in [0, 0.05) is 40.8 Å². The summed E-state index contributed by atoms with van der Waals surface area (Å²) in [6.45, 7) is 13.9. The van der Waals surface area contributed by atoms with Crippen LogP contribution in [0.4, 0.5) is 0 Å². The van der Waals surface area contributed by atoms with Gasteiger partial charge in [0.1, 0.15) is 36.6 Å². The highest BCUT2D eigenvalue weighted by Crippen LogP contribution is 2.38. The Balaban J connectivity index is 1.98. The van der Waals surface area contributed by atoms with E-state index in [1.165, 1.54) is 21.0 Å². The zero-order valence-corrected chi connectivity index (χ0v) is 28.4. The Bertz CT molecular complexity index is 885. The maximum Gasteiger partial charge on any atom is 0.303 e. The molecule has 3 rings (SSSR count). The summed E-state index contributed by atoms with van der Waals surface area (Å²) >= 11 is 0. The minimum atomic E-state index is -1.11. The maximum atomic E-state index is 12.6. The van der Waals surface area contributed by atoms with Gasteiger partial charge in [0.05, 0.1) is 13.2 Å². The zero-order valence-electron chi connectivity index (χ0n) is 28.4. The lowest BCUT2D eigenvalue weighted by molar-refractivity contribution is -0.270. The second kappa shape index (κ2) is 18.8. The number of methoxy groups -OCH3 is 1. The maximum absolute atomic E-state index is 12.6. The molecule has 0 saturated carbocycles. The number of fused-ring (bicyclic) bond motifs is 1. The minimum Gasteiger partial charge on any atom is -0.454 e. The normalized spacial score (nSPS) is 34.8. The van der Waals surface area contributed by atoms with Gasteiger partial charge in [0.25, 0.3) is 0 Å². The summed E-state index contributed by atoms with van der Waals surface area (Å²) in [5.41, 5.74) is 0. The number of unbranched alkanes of at least 4 members (excludes halogenated alkanes) is 3. The fraction of sp³-hybridized carbons (Fsp3) is 0.938. The first-order chi connectivity index (χ1) is 21.5. The van der Waals surface area contributed by atoms with E-state index in [1.807, 2.05) is 0 Å². The first kappa shape index (κ1) is 38.0. The van der Waals surface area contributed by atoms with Crippen LogP contribution in [-0.2, 0) is 61.7 Å². The van der Waals surface area contributed by atoms with E-state index in [2.05, 4.69) is 20.8 Å². The molecule has 13 heteroatoms. The molecular weight excluding hydrogens is 592 g/mol. The lowest BCUT2D eigenvalue weighted by Crippen LogP contribution is -2.54. The molecule has 262 valence electrons. The number of carbonyl (C=O) groups excluding carboxylic acids is 2. The third-order valence-corrected chi connectivity index (χ3v) is 7.85. The number of hydrogen-bond acceptors (Lipinski definition) is 13. The molecule has 3 aliphatic heterocycles. The average Bonchev–Trinajstić information content (AvgIpc) is 3.17. The molecule has 3 saturated heterocycles. The fourth-order valence-corrected chi connectivity index (χ4v) is 5.70. The van der Waals surface area contributed by atoms with Crippen LogP contribution in [0, 0.1) is 0 Å². The van der Waals surface area contributed by atoms with Crippen LogP contribution in [0.5, 0.6) is 0 Å². The van der Waals surface area contributed by atoms with Gasteiger partial charge < -0.3 is 52.1 Å². The average molecular weight is 649 g/mol. The van der Waals surface area contributed by atoms with Gasteiger partial charge in [-0.15, -0.1) is 0 Å². The van der Waals surface area contributed by atoms with Crippen molar-refractivity contribution in [3.63, 3.8) is 0 Å². The summed E-state index contributed by atoms with van der Waals surface area (Å²) in [5, 5.41) is 0. The van der Waals surface area contributed by atoms with E-state index in [9.17, 15) is 9.59 Å². The van der Waals surface area contributed by atoms with Crippen molar-refractivity contribution in [3.05, 3.63) is 0 Å². The smallest absolute Gasteiger partial charge is 0.303 e. The Morgan fingerprint density at radius 2 is 1.18 bits per heavy atom. The Kier molecular flexibility index (Phi) is 15.9. The number of rotatable bonds is 17. The van der Waals surface area contributed by atoms with Crippen molar-refractivity contribution < 1.29 is 61.7 Å². The third-order valence-electron chi connectivity index (χ3n) is 7.85. The van der Waals surface area contributed by atoms with Crippen LogP contribution in [0.15, 0.2) is 0 Å². The highest BCUT2D eigenvalue weighted by atomic mass is 16.8. The number of ether oxygens (including phenoxy) is 11. The molecule has 0 N–H and O–H groups in total. The van der Waals surface area contributed by atoms with Crippen molar-refractivity contribution in [1.29, 1.82) is 0 Å². The van der Waals surface area contributed by atoms with Crippen LogP contribution in [0.3, 0.4) is 0 Å². The molecule has 0 aliphatic carbocycles. The van der Waals surface area contributed by atoms with E-state index in [4.69, 9.17) is 52.1 Å². The van der Waals surface area contributed by atoms with Crippen molar-refractivity contribution >= 4 is 11.9 Å². The van der Waals surface area contributed by atoms with Crippen LogP contribution in [0.1, 0.15) is 87.0 Å². The second-order valence-corrected chi connectivity index (χ2v) is 12.2. The monoisotopic (exact) mass is 648 g/mol. The summed E-state index contributed by atoms with van der Waals surface area (Å²) in [4.78, 5) is 24.6. The summed E-state index contributed by atoms with van der Waals surface area (Å²) in [7, 11) is 1.46. The fourth-order valence-electron chi connectivity index (χ4n) is 5.70. The topological polar surface area (TPSA) is 136 Å². The molecule has 45 heavy (non-hydrogen) atoms. The quantitative estimate of drug-likeness (QED) is 0.168. The van der Waals surface area contributed by atoms with Crippen LogP contribution >= 0.6 is 0 Å². The van der Waals surface area contributed by atoms with Gasteiger partial charge >= 0.3 is 11.9 Å². The van der Waals surface area contributed by atoms with Crippen molar-refractivity contribution in [2.45, 2.75) is 154 Å². The number of esters is 2. The van der Waals surface area contributed by atoms with E-state index < -0.39 is 79.1 Å². The van der Waals surface area contributed by atoms with Crippen LogP contribution in [0.25, 0.3) is 0 Å². The summed E-state index contributed by atoms with van der Waals surface area (Å²) in [5.74, 6) is -2.06. The molecule has 0 amide bonds. The van der Waals surface area contributed by atoms with Gasteiger partial charge in [0.2, 0.25) is 0 Å². The molecule has 3 fully saturated rings. The highest BCUT2D eigenvalue weighted by Gasteiger charge is 2.56. The number of hydrogen-bond donors (Lipinski definition) is 0. The molecule has 3 aliphatic rings. The lowest BCUT2D eigenvalue weighted by atomic mass is 10.0. The van der Waals surface area contributed by atoms with Gasteiger partial charge in [-0.3, -0.25) is 9.59 Å². The Labute approximate surface area is 268 Å². The van der Waals surface area contributed by atoms with Crippen molar-refractivity contribution in [2.75, 3.05) is 40.1 Å². The molecule has 10 atom stereocenters. The van der Waals surface area contributed by atoms with Crippen molar-refractivity contribution in [1.82, 2.24) is 0 Å². The van der Waals surface area contributed by atoms with Crippen LogP contribution < -0.4 is 0 Å². The first-order valence-corrected chi connectivity index (χ1v) is 16.5. The summed E-state index contributed by atoms with van der Waals surface area (Å²) < 4.78 is 67.8. The molecule has 0 aromatic heterocycles. The van der Waals surface area contributed by atoms with E-state index in [1.54, 1.807) is 13.8 Å². The zero-order chi connectivity index (χ0) is 33.0. The molecule has 5 unspecified atom stereocenters. The molecular formula is C32H56O13. The molecule has 0 bridgehead atoms. The van der Waals surface area contributed by atoms with Gasteiger partial charge in [-0.05, 0) is 33.1 Å². The van der Waals surface area contributed by atoms with Crippen molar-refractivity contribution in [3.8, 4) is 0 Å².